The molecule has 0 aliphatic carbocycles. The molecule has 3 rings (SSSR count). The van der Waals surface area contributed by atoms with Crippen LogP contribution >= 0.6 is 0 Å². The maximum Gasteiger partial charge on any atom is 0.118 e. The maximum absolute atomic E-state index is 10.6. The van der Waals surface area contributed by atoms with E-state index in [9.17, 15) is 5.11 Å². The number of likely N-dealkylation sites (N-methyl/N-ethyl adjacent to an activating group) is 1. The van der Waals surface area contributed by atoms with E-state index in [0.717, 1.165) is 17.7 Å². The Balaban J connectivity index is 1.83. The molecule has 0 fully saturated rings. The van der Waals surface area contributed by atoms with Gasteiger partial charge in [-0.1, -0.05) is 30.3 Å². The van der Waals surface area contributed by atoms with Crippen molar-refractivity contribution in [3.05, 3.63) is 59.7 Å². The van der Waals surface area contributed by atoms with Gasteiger partial charge in [-0.2, -0.15) is 0 Å². The van der Waals surface area contributed by atoms with Gasteiger partial charge < -0.3 is 14.7 Å². The summed E-state index contributed by atoms with van der Waals surface area (Å²) >= 11 is 0. The second-order valence-corrected chi connectivity index (χ2v) is 5.23. The Labute approximate surface area is 119 Å². The van der Waals surface area contributed by atoms with Crippen LogP contribution in [0.2, 0.25) is 0 Å². The minimum absolute atomic E-state index is 0.0841. The number of hydrogen-bond donors (Lipinski definition) is 1. The molecule has 1 N–H and O–H groups in total. The van der Waals surface area contributed by atoms with Gasteiger partial charge in [0.05, 0.1) is 19.3 Å². The molecule has 20 heavy (non-hydrogen) atoms. The van der Waals surface area contributed by atoms with E-state index in [0.29, 0.717) is 0 Å². The van der Waals surface area contributed by atoms with Gasteiger partial charge in [0, 0.05) is 12.7 Å². The lowest BCUT2D eigenvalue weighted by Gasteiger charge is -2.27. The van der Waals surface area contributed by atoms with Crippen molar-refractivity contribution >= 4 is 5.69 Å². The van der Waals surface area contributed by atoms with E-state index in [-0.39, 0.29) is 6.04 Å². The Morgan fingerprint density at radius 2 is 1.85 bits per heavy atom. The summed E-state index contributed by atoms with van der Waals surface area (Å²) in [7, 11) is 3.69. The molecule has 1 aliphatic rings. The zero-order chi connectivity index (χ0) is 14.1. The molecule has 3 nitrogen and oxygen atoms in total. The molecule has 104 valence electrons. The quantitative estimate of drug-likeness (QED) is 0.930. The number of fused-ring (bicyclic) bond motifs is 1. The summed E-state index contributed by atoms with van der Waals surface area (Å²) in [5.41, 5.74) is 3.44. The average Bonchev–Trinajstić information content (AvgIpc) is 2.84. The van der Waals surface area contributed by atoms with Crippen molar-refractivity contribution in [2.45, 2.75) is 18.6 Å². The largest absolute Gasteiger partial charge is 0.497 e. The van der Waals surface area contributed by atoms with Gasteiger partial charge in [-0.15, -0.1) is 0 Å². The van der Waals surface area contributed by atoms with Crippen LogP contribution in [0.3, 0.4) is 0 Å². The van der Waals surface area contributed by atoms with Crippen LogP contribution in [0.5, 0.6) is 5.75 Å². The third-order valence-corrected chi connectivity index (χ3v) is 4.12. The third kappa shape index (κ3) is 2.14. The van der Waals surface area contributed by atoms with Crippen molar-refractivity contribution in [1.82, 2.24) is 0 Å². The van der Waals surface area contributed by atoms with Crippen molar-refractivity contribution in [2.75, 3.05) is 19.1 Å². The van der Waals surface area contributed by atoms with E-state index in [4.69, 9.17) is 4.74 Å². The number of ether oxygens (including phenoxy) is 1. The van der Waals surface area contributed by atoms with Crippen molar-refractivity contribution < 1.29 is 9.84 Å². The molecule has 2 aromatic rings. The number of anilines is 1. The van der Waals surface area contributed by atoms with E-state index in [2.05, 4.69) is 23.1 Å². The molecule has 2 atom stereocenters. The van der Waals surface area contributed by atoms with Crippen LogP contribution in [0.25, 0.3) is 0 Å². The zero-order valence-electron chi connectivity index (χ0n) is 11.8. The van der Waals surface area contributed by atoms with Crippen molar-refractivity contribution in [3.8, 4) is 5.75 Å². The first-order valence-corrected chi connectivity index (χ1v) is 6.83. The summed E-state index contributed by atoms with van der Waals surface area (Å²) in [6.07, 6.45) is 0.373. The highest BCUT2D eigenvalue weighted by Crippen LogP contribution is 2.36. The Bertz CT molecular complexity index is 594. The van der Waals surface area contributed by atoms with Crippen LogP contribution in [0.4, 0.5) is 5.69 Å². The fourth-order valence-electron chi connectivity index (χ4n) is 2.92. The molecule has 1 aliphatic heterocycles. The number of methoxy groups -OCH3 is 1. The van der Waals surface area contributed by atoms with Gasteiger partial charge in [-0.25, -0.2) is 0 Å². The zero-order valence-corrected chi connectivity index (χ0v) is 11.8. The van der Waals surface area contributed by atoms with Gasteiger partial charge in [0.1, 0.15) is 5.75 Å². The molecule has 2 aromatic carbocycles. The van der Waals surface area contributed by atoms with E-state index >= 15 is 0 Å². The van der Waals surface area contributed by atoms with Crippen molar-refractivity contribution in [2.24, 2.45) is 0 Å². The van der Waals surface area contributed by atoms with Gasteiger partial charge in [0.2, 0.25) is 0 Å². The molecule has 0 spiro atoms. The van der Waals surface area contributed by atoms with E-state index < -0.39 is 6.10 Å². The molecule has 0 aromatic heterocycles. The molecule has 3 heteroatoms. The summed E-state index contributed by atoms with van der Waals surface area (Å²) in [5, 5.41) is 10.6. The van der Waals surface area contributed by atoms with E-state index in [1.807, 2.05) is 37.4 Å². The normalized spacial score (nSPS) is 18.8. The van der Waals surface area contributed by atoms with Crippen LogP contribution in [-0.4, -0.2) is 25.3 Å². The molecule has 0 radical (unpaired) electrons. The summed E-state index contributed by atoms with van der Waals surface area (Å²) in [5.74, 6) is 0.809. The van der Waals surface area contributed by atoms with E-state index in [1.165, 1.54) is 11.3 Å². The molecule has 0 saturated heterocycles. The predicted octanol–water partition coefficient (Wildman–Crippen LogP) is 2.79. The average molecular weight is 269 g/mol. The molecular formula is C17H19NO2. The summed E-state index contributed by atoms with van der Waals surface area (Å²) in [4.78, 5) is 2.17. The first kappa shape index (κ1) is 13.0. The number of nitrogens with zero attached hydrogens (tertiary/aromatic N) is 1. The maximum atomic E-state index is 10.6. The number of para-hydroxylation sites is 1. The third-order valence-electron chi connectivity index (χ3n) is 4.12. The van der Waals surface area contributed by atoms with Gasteiger partial charge in [-0.3, -0.25) is 0 Å². The van der Waals surface area contributed by atoms with Crippen LogP contribution in [0.1, 0.15) is 17.2 Å². The minimum atomic E-state index is -0.502. The van der Waals surface area contributed by atoms with Crippen molar-refractivity contribution in [1.29, 1.82) is 0 Å². The second kappa shape index (κ2) is 5.17. The fourth-order valence-corrected chi connectivity index (χ4v) is 2.92. The number of aliphatic hydroxyl groups excluding tert-OH is 1. The SMILES string of the molecule is COc1ccc(C(O)C2Cc3ccccc3N2C)cc1. The standard InChI is InChI=1S/C17H19NO2/c1-18-15-6-4-3-5-13(15)11-16(18)17(19)12-7-9-14(20-2)10-8-12/h3-10,16-17,19H,11H2,1-2H3. The second-order valence-electron chi connectivity index (χ2n) is 5.23. The minimum Gasteiger partial charge on any atom is -0.497 e. The first-order chi connectivity index (χ1) is 9.70. The predicted molar refractivity (Wildman–Crippen MR) is 80.3 cm³/mol. The Morgan fingerprint density at radius 3 is 2.50 bits per heavy atom. The smallest absolute Gasteiger partial charge is 0.118 e. The number of rotatable bonds is 3. The van der Waals surface area contributed by atoms with Gasteiger partial charge in [0.15, 0.2) is 0 Å². The van der Waals surface area contributed by atoms with E-state index in [1.54, 1.807) is 7.11 Å². The lowest BCUT2D eigenvalue weighted by atomic mass is 9.99. The lowest BCUT2D eigenvalue weighted by Crippen LogP contribution is -2.33. The fraction of sp³-hybridized carbons (Fsp3) is 0.294. The summed E-state index contributed by atoms with van der Waals surface area (Å²) in [6, 6.07) is 16.1. The molecular weight excluding hydrogens is 250 g/mol. The highest BCUT2D eigenvalue weighted by atomic mass is 16.5. The molecule has 0 amide bonds. The first-order valence-electron chi connectivity index (χ1n) is 6.83. The van der Waals surface area contributed by atoms with Gasteiger partial charge >= 0.3 is 0 Å². The molecule has 0 bridgehead atoms. The Morgan fingerprint density at radius 1 is 1.15 bits per heavy atom. The van der Waals surface area contributed by atoms with Crippen LogP contribution in [0.15, 0.2) is 48.5 Å². The number of hydrogen-bond acceptors (Lipinski definition) is 3. The summed E-state index contributed by atoms with van der Waals surface area (Å²) in [6.45, 7) is 0. The highest BCUT2D eigenvalue weighted by Gasteiger charge is 2.32. The highest BCUT2D eigenvalue weighted by molar-refractivity contribution is 5.59. The topological polar surface area (TPSA) is 32.7 Å². The van der Waals surface area contributed by atoms with Gasteiger partial charge in [-0.05, 0) is 35.7 Å². The summed E-state index contributed by atoms with van der Waals surface area (Å²) < 4.78 is 5.15. The Kier molecular flexibility index (Phi) is 3.36. The van der Waals surface area contributed by atoms with Crippen LogP contribution in [-0.2, 0) is 6.42 Å². The number of aliphatic hydroxyl groups is 1. The van der Waals surface area contributed by atoms with Crippen molar-refractivity contribution in [3.63, 3.8) is 0 Å². The van der Waals surface area contributed by atoms with Crippen LogP contribution < -0.4 is 9.64 Å². The number of benzene rings is 2. The molecule has 0 saturated carbocycles. The van der Waals surface area contributed by atoms with Crippen LogP contribution in [0, 0.1) is 0 Å². The lowest BCUT2D eigenvalue weighted by molar-refractivity contribution is 0.147. The molecule has 1 heterocycles. The monoisotopic (exact) mass is 269 g/mol. The molecule has 2 unspecified atom stereocenters. The van der Waals surface area contributed by atoms with Gasteiger partial charge in [0.25, 0.3) is 0 Å². The Hall–Kier alpha value is -2.00.